The van der Waals surface area contributed by atoms with Gasteiger partial charge in [0.05, 0.1) is 12.0 Å². The lowest BCUT2D eigenvalue weighted by atomic mass is 10.1. The van der Waals surface area contributed by atoms with Crippen molar-refractivity contribution in [2.45, 2.75) is 6.92 Å². The fraction of sp³-hybridized carbons (Fsp3) is 0.105. The minimum absolute atomic E-state index is 0.0515. The number of methoxy groups -OCH3 is 1. The molecule has 0 fully saturated rings. The molecule has 0 aliphatic rings. The Morgan fingerprint density at radius 2 is 1.97 bits per heavy atom. The Labute approximate surface area is 190 Å². The van der Waals surface area contributed by atoms with Crippen molar-refractivity contribution in [2.75, 3.05) is 12.4 Å². The minimum Gasteiger partial charge on any atom is -0.490 e. The number of nitro benzene ring substituents is 1. The van der Waals surface area contributed by atoms with E-state index in [9.17, 15) is 14.9 Å². The summed E-state index contributed by atoms with van der Waals surface area (Å²) in [6.45, 7) is 1.83. The Morgan fingerprint density at radius 3 is 2.62 bits per heavy atom. The number of nitrogens with one attached hydrogen (secondary N) is 2. The van der Waals surface area contributed by atoms with Gasteiger partial charge in [0, 0.05) is 22.9 Å². The van der Waals surface area contributed by atoms with E-state index in [1.807, 2.05) is 19.1 Å². The van der Waals surface area contributed by atoms with Crippen LogP contribution in [0.4, 0.5) is 11.4 Å². The molecule has 0 bridgehead atoms. The number of benzene rings is 2. The molecule has 1 amide bonds. The zero-order chi connectivity index (χ0) is 22.8. The van der Waals surface area contributed by atoms with E-state index >= 15 is 0 Å². The highest BCUT2D eigenvalue weighted by Gasteiger charge is 2.19. The molecule has 0 aliphatic carbocycles. The van der Waals surface area contributed by atoms with Gasteiger partial charge in [0.25, 0.3) is 5.91 Å². The van der Waals surface area contributed by atoms with E-state index in [-0.39, 0.29) is 22.1 Å². The van der Waals surface area contributed by atoms with E-state index in [0.717, 1.165) is 16.6 Å². The average Bonchev–Trinajstić information content (AvgIpc) is 3.35. The SMILES string of the molecule is COc1ccc(C(=O)NC(=S)Nc2ccc(-c3nn4c(C)nnc4s3)cc2)cc1[N+](=O)[O-]. The molecule has 11 nitrogen and oxygen atoms in total. The van der Waals surface area contributed by atoms with E-state index in [2.05, 4.69) is 25.9 Å². The fourth-order valence-electron chi connectivity index (χ4n) is 2.84. The highest BCUT2D eigenvalue weighted by molar-refractivity contribution is 7.80. The number of nitro groups is 1. The van der Waals surface area contributed by atoms with Crippen LogP contribution in [-0.4, -0.2) is 42.9 Å². The van der Waals surface area contributed by atoms with Crippen molar-refractivity contribution < 1.29 is 14.5 Å². The van der Waals surface area contributed by atoms with Crippen molar-refractivity contribution in [1.29, 1.82) is 0 Å². The molecule has 0 aliphatic heterocycles. The van der Waals surface area contributed by atoms with Gasteiger partial charge in [-0.1, -0.05) is 11.3 Å². The summed E-state index contributed by atoms with van der Waals surface area (Å²) in [6.07, 6.45) is 0. The van der Waals surface area contributed by atoms with Crippen LogP contribution in [0, 0.1) is 17.0 Å². The van der Waals surface area contributed by atoms with Crippen molar-refractivity contribution in [2.24, 2.45) is 0 Å². The number of amides is 1. The third kappa shape index (κ3) is 4.24. The summed E-state index contributed by atoms with van der Waals surface area (Å²) in [4.78, 5) is 23.7. The summed E-state index contributed by atoms with van der Waals surface area (Å²) in [5.41, 5.74) is 1.32. The Balaban J connectivity index is 1.42. The molecule has 0 radical (unpaired) electrons. The minimum atomic E-state index is -0.619. The van der Waals surface area contributed by atoms with Gasteiger partial charge in [-0.3, -0.25) is 20.2 Å². The first-order chi connectivity index (χ1) is 15.4. The molecule has 4 rings (SSSR count). The van der Waals surface area contributed by atoms with E-state index in [1.54, 1.807) is 16.6 Å². The molecular weight excluding hydrogens is 454 g/mol. The summed E-state index contributed by atoms with van der Waals surface area (Å²) in [7, 11) is 1.32. The summed E-state index contributed by atoms with van der Waals surface area (Å²) in [5.74, 6) is 0.191. The van der Waals surface area contributed by atoms with Gasteiger partial charge in [0.15, 0.2) is 16.7 Å². The van der Waals surface area contributed by atoms with E-state index in [0.29, 0.717) is 16.5 Å². The second-order valence-corrected chi connectivity index (χ2v) is 7.84. The topological polar surface area (TPSA) is 137 Å². The molecule has 2 aromatic heterocycles. The van der Waals surface area contributed by atoms with Crippen LogP contribution in [0.2, 0.25) is 0 Å². The number of nitrogens with zero attached hydrogens (tertiary/aromatic N) is 5. The third-order valence-corrected chi connectivity index (χ3v) is 5.55. The predicted molar refractivity (Wildman–Crippen MR) is 122 cm³/mol. The summed E-state index contributed by atoms with van der Waals surface area (Å²) >= 11 is 6.61. The molecule has 162 valence electrons. The number of hydrogen-bond acceptors (Lipinski definition) is 9. The Hall–Kier alpha value is -3.97. The van der Waals surface area contributed by atoms with Crippen LogP contribution >= 0.6 is 23.6 Å². The first-order valence-electron chi connectivity index (χ1n) is 9.10. The van der Waals surface area contributed by atoms with Crippen molar-refractivity contribution in [3.63, 3.8) is 0 Å². The van der Waals surface area contributed by atoms with Crippen molar-refractivity contribution in [3.8, 4) is 16.3 Å². The van der Waals surface area contributed by atoms with Crippen molar-refractivity contribution >= 4 is 50.9 Å². The zero-order valence-corrected chi connectivity index (χ0v) is 18.4. The van der Waals surface area contributed by atoms with Gasteiger partial charge in [-0.15, -0.1) is 10.2 Å². The van der Waals surface area contributed by atoms with Gasteiger partial charge in [-0.05, 0) is 55.5 Å². The van der Waals surface area contributed by atoms with Crippen LogP contribution in [0.1, 0.15) is 16.2 Å². The second kappa shape index (κ2) is 8.64. The van der Waals surface area contributed by atoms with Gasteiger partial charge in [-0.2, -0.15) is 9.61 Å². The number of fused-ring (bicyclic) bond motifs is 1. The predicted octanol–water partition coefficient (Wildman–Crippen LogP) is 3.20. The Morgan fingerprint density at radius 1 is 1.22 bits per heavy atom. The number of anilines is 1. The molecule has 4 aromatic rings. The van der Waals surface area contributed by atoms with E-state index in [1.165, 1.54) is 30.6 Å². The van der Waals surface area contributed by atoms with E-state index < -0.39 is 10.8 Å². The molecular formula is C19H15N7O4S2. The summed E-state index contributed by atoms with van der Waals surface area (Å²) in [6, 6.07) is 11.2. The van der Waals surface area contributed by atoms with Crippen LogP contribution in [0.5, 0.6) is 5.75 Å². The number of carbonyl (C=O) groups is 1. The summed E-state index contributed by atoms with van der Waals surface area (Å²) in [5, 5.41) is 29.9. The lowest BCUT2D eigenvalue weighted by molar-refractivity contribution is -0.385. The van der Waals surface area contributed by atoms with Gasteiger partial charge in [-0.25, -0.2) is 0 Å². The van der Waals surface area contributed by atoms with Crippen molar-refractivity contribution in [1.82, 2.24) is 25.1 Å². The summed E-state index contributed by atoms with van der Waals surface area (Å²) < 4.78 is 6.62. The maximum Gasteiger partial charge on any atom is 0.311 e. The maximum atomic E-state index is 12.4. The number of ether oxygens (including phenoxy) is 1. The largest absolute Gasteiger partial charge is 0.490 e. The zero-order valence-electron chi connectivity index (χ0n) is 16.7. The third-order valence-electron chi connectivity index (χ3n) is 4.40. The first kappa shape index (κ1) is 21.3. The molecule has 0 unspecified atom stereocenters. The molecule has 2 N–H and O–H groups in total. The number of hydrogen-bond donors (Lipinski definition) is 2. The Bertz CT molecular complexity index is 1350. The quantitative estimate of drug-likeness (QED) is 0.256. The number of aromatic nitrogens is 4. The molecule has 2 aromatic carbocycles. The van der Waals surface area contributed by atoms with Gasteiger partial charge >= 0.3 is 5.69 Å². The number of aryl methyl sites for hydroxylation is 1. The fourth-order valence-corrected chi connectivity index (χ4v) is 3.94. The number of carbonyl (C=O) groups excluding carboxylic acids is 1. The smallest absolute Gasteiger partial charge is 0.311 e. The molecule has 0 atom stereocenters. The van der Waals surface area contributed by atoms with E-state index in [4.69, 9.17) is 17.0 Å². The molecule has 0 spiro atoms. The number of rotatable bonds is 5. The molecule has 0 saturated carbocycles. The standard InChI is InChI=1S/C19H15N7O4S2/c1-10-22-23-19-25(10)24-17(32-19)11-3-6-13(7-4-11)20-18(31)21-16(27)12-5-8-15(30-2)14(9-12)26(28)29/h3-9H,1-2H3,(H2,20,21,27,31). The normalized spacial score (nSPS) is 10.7. The lowest BCUT2D eigenvalue weighted by Crippen LogP contribution is -2.34. The molecule has 32 heavy (non-hydrogen) atoms. The van der Waals surface area contributed by atoms with Crippen LogP contribution in [-0.2, 0) is 0 Å². The molecule has 0 saturated heterocycles. The number of thiocarbonyl (C=S) groups is 1. The van der Waals surface area contributed by atoms with Crippen LogP contribution in [0.3, 0.4) is 0 Å². The first-order valence-corrected chi connectivity index (χ1v) is 10.3. The maximum absolute atomic E-state index is 12.4. The van der Waals surface area contributed by atoms with Gasteiger partial charge in [0.1, 0.15) is 5.01 Å². The van der Waals surface area contributed by atoms with Crippen LogP contribution in [0.25, 0.3) is 15.5 Å². The van der Waals surface area contributed by atoms with Crippen LogP contribution < -0.4 is 15.4 Å². The lowest BCUT2D eigenvalue weighted by Gasteiger charge is -2.10. The Kier molecular flexibility index (Phi) is 5.75. The van der Waals surface area contributed by atoms with Crippen LogP contribution in [0.15, 0.2) is 42.5 Å². The highest BCUT2D eigenvalue weighted by atomic mass is 32.1. The second-order valence-electron chi connectivity index (χ2n) is 6.48. The van der Waals surface area contributed by atoms with Crippen molar-refractivity contribution in [3.05, 3.63) is 64.0 Å². The van der Waals surface area contributed by atoms with Gasteiger partial charge in [0.2, 0.25) is 4.96 Å². The van der Waals surface area contributed by atoms with Gasteiger partial charge < -0.3 is 10.1 Å². The molecule has 13 heteroatoms. The average molecular weight is 470 g/mol. The highest BCUT2D eigenvalue weighted by Crippen LogP contribution is 2.28. The molecule has 2 heterocycles. The monoisotopic (exact) mass is 469 g/mol.